The lowest BCUT2D eigenvalue weighted by molar-refractivity contribution is 0.328. The molecule has 2 heterocycles. The number of benzene rings is 2. The van der Waals surface area contributed by atoms with Gasteiger partial charge in [0.25, 0.3) is 0 Å². The standard InChI is InChI=1S/C17H16N6O/c18-6-7-24-13-3-1-2-12(8-13)17-14-9-11(16-10-19-23-21-16)4-5-15(14)20-22-17/h1-5,8-10H,6-7,18H2,(H,20,22)(H,19,21,23). The Balaban J connectivity index is 1.78. The first kappa shape index (κ1) is 14.4. The lowest BCUT2D eigenvalue weighted by Gasteiger charge is -2.06. The maximum Gasteiger partial charge on any atom is 0.120 e. The summed E-state index contributed by atoms with van der Waals surface area (Å²) in [5.74, 6) is 0.779. The summed E-state index contributed by atoms with van der Waals surface area (Å²) in [6, 6.07) is 13.9. The van der Waals surface area contributed by atoms with Crippen molar-refractivity contribution in [1.29, 1.82) is 0 Å². The molecule has 0 saturated carbocycles. The number of nitrogens with zero attached hydrogens (tertiary/aromatic N) is 3. The Morgan fingerprint density at radius 2 is 2.00 bits per heavy atom. The Bertz CT molecular complexity index is 960. The van der Waals surface area contributed by atoms with E-state index in [1.54, 1.807) is 6.20 Å². The van der Waals surface area contributed by atoms with E-state index in [1.165, 1.54) is 0 Å². The van der Waals surface area contributed by atoms with Gasteiger partial charge in [0.1, 0.15) is 23.7 Å². The first-order valence-corrected chi connectivity index (χ1v) is 7.63. The van der Waals surface area contributed by atoms with Gasteiger partial charge in [0.05, 0.1) is 11.7 Å². The molecule has 4 N–H and O–H groups in total. The summed E-state index contributed by atoms with van der Waals surface area (Å²) in [6.45, 7) is 0.970. The van der Waals surface area contributed by atoms with Crippen molar-refractivity contribution in [2.24, 2.45) is 5.73 Å². The summed E-state index contributed by atoms with van der Waals surface area (Å²) in [4.78, 5) is 0. The van der Waals surface area contributed by atoms with Crippen LogP contribution in [0.25, 0.3) is 33.4 Å². The maximum absolute atomic E-state index is 5.60. The number of H-pyrrole nitrogens is 2. The zero-order valence-corrected chi connectivity index (χ0v) is 12.9. The smallest absolute Gasteiger partial charge is 0.120 e. The van der Waals surface area contributed by atoms with Gasteiger partial charge >= 0.3 is 0 Å². The fraction of sp³-hybridized carbons (Fsp3) is 0.118. The Hall–Kier alpha value is -3.19. The average molecular weight is 320 g/mol. The Labute approximate surface area is 137 Å². The summed E-state index contributed by atoms with van der Waals surface area (Å²) in [5, 5.41) is 19.2. The van der Waals surface area contributed by atoms with Crippen LogP contribution in [-0.4, -0.2) is 38.8 Å². The molecule has 0 unspecified atom stereocenters. The SMILES string of the molecule is NCCOc1cccc(-c2n[nH]c3ccc(-c4cn[nH]n4)cc23)c1. The van der Waals surface area contributed by atoms with Crippen LogP contribution < -0.4 is 10.5 Å². The molecule has 0 spiro atoms. The second-order valence-electron chi connectivity index (χ2n) is 5.35. The van der Waals surface area contributed by atoms with Crippen LogP contribution in [0.2, 0.25) is 0 Å². The molecule has 0 atom stereocenters. The molecule has 24 heavy (non-hydrogen) atoms. The van der Waals surface area contributed by atoms with E-state index in [2.05, 4.69) is 31.7 Å². The van der Waals surface area contributed by atoms with Crippen molar-refractivity contribution in [3.05, 3.63) is 48.7 Å². The van der Waals surface area contributed by atoms with Crippen molar-refractivity contribution >= 4 is 10.9 Å². The fourth-order valence-corrected chi connectivity index (χ4v) is 2.64. The molecule has 0 bridgehead atoms. The highest BCUT2D eigenvalue weighted by molar-refractivity contribution is 5.95. The van der Waals surface area contributed by atoms with E-state index in [9.17, 15) is 0 Å². The third-order valence-electron chi connectivity index (χ3n) is 3.77. The van der Waals surface area contributed by atoms with Gasteiger partial charge < -0.3 is 10.5 Å². The Morgan fingerprint density at radius 1 is 1.04 bits per heavy atom. The minimum atomic E-state index is 0.483. The number of ether oxygens (including phenoxy) is 1. The van der Waals surface area contributed by atoms with Crippen LogP contribution in [-0.2, 0) is 0 Å². The fourth-order valence-electron chi connectivity index (χ4n) is 2.64. The molecule has 0 fully saturated rings. The largest absolute Gasteiger partial charge is 0.492 e. The van der Waals surface area contributed by atoms with E-state index < -0.39 is 0 Å². The van der Waals surface area contributed by atoms with Gasteiger partial charge in [0.2, 0.25) is 0 Å². The molecule has 0 aliphatic heterocycles. The second-order valence-corrected chi connectivity index (χ2v) is 5.35. The highest BCUT2D eigenvalue weighted by atomic mass is 16.5. The van der Waals surface area contributed by atoms with Crippen LogP contribution in [0.1, 0.15) is 0 Å². The van der Waals surface area contributed by atoms with Crippen molar-refractivity contribution in [3.63, 3.8) is 0 Å². The molecular formula is C17H16N6O. The number of hydrogen-bond acceptors (Lipinski definition) is 5. The Morgan fingerprint density at radius 3 is 2.83 bits per heavy atom. The van der Waals surface area contributed by atoms with Gasteiger partial charge in [0.15, 0.2) is 0 Å². The summed E-state index contributed by atoms with van der Waals surface area (Å²) in [6.07, 6.45) is 1.70. The van der Waals surface area contributed by atoms with Crippen LogP contribution in [0.3, 0.4) is 0 Å². The van der Waals surface area contributed by atoms with Crippen LogP contribution in [0, 0.1) is 0 Å². The van der Waals surface area contributed by atoms with Crippen LogP contribution >= 0.6 is 0 Å². The molecule has 2 aromatic heterocycles. The van der Waals surface area contributed by atoms with Gasteiger partial charge in [-0.15, -0.1) is 0 Å². The minimum Gasteiger partial charge on any atom is -0.492 e. The second kappa shape index (κ2) is 6.13. The number of nitrogens with one attached hydrogen (secondary N) is 2. The molecule has 0 radical (unpaired) electrons. The normalized spacial score (nSPS) is 11.0. The maximum atomic E-state index is 5.60. The van der Waals surface area contributed by atoms with Crippen molar-refractivity contribution in [3.8, 4) is 28.3 Å². The average Bonchev–Trinajstić information content (AvgIpc) is 3.29. The van der Waals surface area contributed by atoms with Crippen molar-refractivity contribution in [2.45, 2.75) is 0 Å². The van der Waals surface area contributed by atoms with Gasteiger partial charge in [-0.05, 0) is 24.3 Å². The topological polar surface area (TPSA) is 105 Å². The van der Waals surface area contributed by atoms with E-state index in [4.69, 9.17) is 10.5 Å². The van der Waals surface area contributed by atoms with E-state index in [-0.39, 0.29) is 0 Å². The van der Waals surface area contributed by atoms with Crippen molar-refractivity contribution < 1.29 is 4.74 Å². The van der Waals surface area contributed by atoms with Gasteiger partial charge in [-0.25, -0.2) is 0 Å². The van der Waals surface area contributed by atoms with Crippen LogP contribution in [0.15, 0.2) is 48.7 Å². The zero-order chi connectivity index (χ0) is 16.4. The molecule has 7 nitrogen and oxygen atoms in total. The molecule has 7 heteroatoms. The monoisotopic (exact) mass is 320 g/mol. The summed E-state index contributed by atoms with van der Waals surface area (Å²) in [7, 11) is 0. The van der Waals surface area contributed by atoms with Crippen LogP contribution in [0.5, 0.6) is 5.75 Å². The quantitative estimate of drug-likeness (QED) is 0.523. The molecule has 2 aromatic carbocycles. The first-order chi connectivity index (χ1) is 11.8. The zero-order valence-electron chi connectivity index (χ0n) is 12.9. The van der Waals surface area contributed by atoms with Gasteiger partial charge in [-0.1, -0.05) is 18.2 Å². The highest BCUT2D eigenvalue weighted by Crippen LogP contribution is 2.31. The third kappa shape index (κ3) is 2.61. The van der Waals surface area contributed by atoms with Gasteiger partial charge in [-0.3, -0.25) is 5.10 Å². The lowest BCUT2D eigenvalue weighted by atomic mass is 10.0. The van der Waals surface area contributed by atoms with E-state index >= 15 is 0 Å². The van der Waals surface area contributed by atoms with Crippen molar-refractivity contribution in [1.82, 2.24) is 25.6 Å². The predicted octanol–water partition coefficient (Wildman–Crippen LogP) is 2.35. The number of hydrogen-bond donors (Lipinski definition) is 3. The number of fused-ring (bicyclic) bond motifs is 1. The molecule has 4 aromatic rings. The third-order valence-corrected chi connectivity index (χ3v) is 3.77. The number of aromatic nitrogens is 5. The molecule has 120 valence electrons. The van der Waals surface area contributed by atoms with Crippen LogP contribution in [0.4, 0.5) is 0 Å². The molecule has 0 aliphatic carbocycles. The molecule has 0 saturated heterocycles. The molecular weight excluding hydrogens is 304 g/mol. The summed E-state index contributed by atoms with van der Waals surface area (Å²) in [5.41, 5.74) is 10.1. The number of nitrogens with two attached hydrogens (primary N) is 1. The molecule has 4 rings (SSSR count). The summed E-state index contributed by atoms with van der Waals surface area (Å²) >= 11 is 0. The Kier molecular flexibility index (Phi) is 3.68. The van der Waals surface area contributed by atoms with E-state index in [0.29, 0.717) is 13.2 Å². The van der Waals surface area contributed by atoms with Crippen molar-refractivity contribution in [2.75, 3.05) is 13.2 Å². The highest BCUT2D eigenvalue weighted by Gasteiger charge is 2.11. The predicted molar refractivity (Wildman–Crippen MR) is 91.5 cm³/mol. The van der Waals surface area contributed by atoms with E-state index in [1.807, 2.05) is 36.4 Å². The van der Waals surface area contributed by atoms with Gasteiger partial charge in [0, 0.05) is 23.1 Å². The summed E-state index contributed by atoms with van der Waals surface area (Å²) < 4.78 is 5.60. The molecule has 0 aliphatic rings. The number of rotatable bonds is 5. The molecule has 0 amide bonds. The minimum absolute atomic E-state index is 0.483. The number of aromatic amines is 2. The van der Waals surface area contributed by atoms with E-state index in [0.717, 1.165) is 39.2 Å². The lowest BCUT2D eigenvalue weighted by Crippen LogP contribution is -2.10. The van der Waals surface area contributed by atoms with Gasteiger partial charge in [-0.2, -0.15) is 20.5 Å². The first-order valence-electron chi connectivity index (χ1n) is 7.63.